The molecule has 0 saturated heterocycles. The maximum absolute atomic E-state index is 3.59. The van der Waals surface area contributed by atoms with Crippen molar-refractivity contribution in [2.45, 2.75) is 157 Å². The van der Waals surface area contributed by atoms with Crippen molar-refractivity contribution in [1.29, 1.82) is 0 Å². The number of benzene rings is 7. The van der Waals surface area contributed by atoms with Crippen LogP contribution in [0.4, 0.5) is 11.4 Å². The monoisotopic (exact) mass is 1080 g/mol. The largest absolute Gasteiger partial charge is 0.378 e. The fourth-order valence-corrected chi connectivity index (χ4v) is 12.1. The van der Waals surface area contributed by atoms with Crippen molar-refractivity contribution in [2.24, 2.45) is 0 Å². The van der Waals surface area contributed by atoms with E-state index < -0.39 is 0 Å². The van der Waals surface area contributed by atoms with E-state index in [9.17, 15) is 0 Å². The van der Waals surface area contributed by atoms with Gasteiger partial charge >= 0.3 is 0 Å². The van der Waals surface area contributed by atoms with Gasteiger partial charge in [-0.25, -0.2) is 0 Å². The molecule has 0 aliphatic carbocycles. The highest BCUT2D eigenvalue weighted by atomic mass is 15.1. The summed E-state index contributed by atoms with van der Waals surface area (Å²) in [5, 5.41) is 0. The van der Waals surface area contributed by atoms with Crippen LogP contribution >= 0.6 is 0 Å². The molecule has 0 saturated carbocycles. The summed E-state index contributed by atoms with van der Waals surface area (Å²) in [4.78, 5) is 4.25. The molecule has 0 aromatic heterocycles. The Bertz CT molecular complexity index is 3470. The minimum absolute atomic E-state index is 0.0439. The van der Waals surface area contributed by atoms with E-state index in [1.807, 2.05) is 0 Å². The van der Waals surface area contributed by atoms with Crippen LogP contribution in [0.5, 0.6) is 0 Å². The van der Waals surface area contributed by atoms with Gasteiger partial charge in [0.1, 0.15) is 0 Å². The van der Waals surface area contributed by atoms with Crippen molar-refractivity contribution in [3.63, 3.8) is 0 Å². The first-order chi connectivity index (χ1) is 38.1. The Morgan fingerprint density at radius 3 is 0.793 bits per heavy atom. The van der Waals surface area contributed by atoms with Crippen LogP contribution in [0.3, 0.4) is 0 Å². The molecule has 9 rings (SSSR count). The lowest BCUT2D eigenvalue weighted by atomic mass is 9.31. The van der Waals surface area contributed by atoms with Crippen molar-refractivity contribution >= 4 is 81.9 Å². The molecule has 0 amide bonds. The molecule has 0 atom stereocenters. The standard InChI is InChI=1S/C78H90B2N2/c1-73(2,3)59-47-63(75(7,8)9)71(64(48-59)76(10,11)12)79-67-41-31-53(25-23-51-27-37-61(38-28-51)81(19)20)43-55(67)33-35-57-46-70-58(45-69(57)79)36-34-56-44-54(26-24-52-29-39-62(40-30-52)82(21)22)32-42-68(56)80(70)72-65(77(13,14)15)49-60(74(4,5)6)50-66(72)78(16,17)18/h27-50H,1-22H3. The third-order valence-corrected chi connectivity index (χ3v) is 17.0. The average Bonchev–Trinajstić information content (AvgIpc) is 1.52. The molecule has 7 aromatic carbocycles. The summed E-state index contributed by atoms with van der Waals surface area (Å²) in [7, 11) is 8.30. The maximum Gasteiger partial charge on any atom is 0.243 e. The van der Waals surface area contributed by atoms with Crippen LogP contribution < -0.4 is 42.6 Å². The van der Waals surface area contributed by atoms with Gasteiger partial charge in [-0.15, -0.1) is 0 Å². The molecular weight excluding hydrogens is 986 g/mol. The van der Waals surface area contributed by atoms with E-state index in [2.05, 4.69) is 332 Å². The molecule has 2 aliphatic rings. The highest BCUT2D eigenvalue weighted by Crippen LogP contribution is 2.37. The second kappa shape index (κ2) is 21.6. The van der Waals surface area contributed by atoms with E-state index in [4.69, 9.17) is 0 Å². The molecule has 0 bridgehead atoms. The molecule has 2 heterocycles. The molecule has 0 fully saturated rings. The van der Waals surface area contributed by atoms with Gasteiger partial charge in [0.2, 0.25) is 13.4 Å². The number of hydrogen-bond donors (Lipinski definition) is 0. The van der Waals surface area contributed by atoms with Gasteiger partial charge < -0.3 is 9.80 Å². The molecule has 2 nitrogen and oxygen atoms in total. The smallest absolute Gasteiger partial charge is 0.243 e. The van der Waals surface area contributed by atoms with Crippen molar-refractivity contribution < 1.29 is 0 Å². The minimum atomic E-state index is -0.162. The number of hydrogen-bond acceptors (Lipinski definition) is 2. The van der Waals surface area contributed by atoms with Crippen LogP contribution in [0, 0.1) is 23.7 Å². The van der Waals surface area contributed by atoms with Gasteiger partial charge in [0, 0.05) is 61.8 Å². The lowest BCUT2D eigenvalue weighted by Crippen LogP contribution is -2.60. The third-order valence-electron chi connectivity index (χ3n) is 17.0. The molecule has 0 unspecified atom stereocenters. The summed E-state index contributed by atoms with van der Waals surface area (Å²) in [5.74, 6) is 14.2. The molecule has 418 valence electrons. The first-order valence-corrected chi connectivity index (χ1v) is 29.9. The number of anilines is 2. The lowest BCUT2D eigenvalue weighted by molar-refractivity contribution is 0.552. The van der Waals surface area contributed by atoms with Gasteiger partial charge in [-0.3, -0.25) is 0 Å². The SMILES string of the molecule is CN(C)c1ccc(C#Cc2ccc3c(c2)C=Cc2cc4c(cc2B3c2c(C(C)(C)C)cc(C(C)(C)C)cc2C(C)(C)C)C=Cc2cc(C#Cc3ccc(N(C)C)cc3)ccc2B4c2c(C(C)(C)C)cc(C(C)(C)C)cc2C(C)(C)C)cc1. The fraction of sp³-hybridized carbons (Fsp3) is 0.359. The Morgan fingerprint density at radius 2 is 0.537 bits per heavy atom. The van der Waals surface area contributed by atoms with E-state index >= 15 is 0 Å². The van der Waals surface area contributed by atoms with Crippen LogP contribution in [0.2, 0.25) is 0 Å². The molecule has 4 heteroatoms. The Labute approximate surface area is 497 Å². The zero-order valence-electron chi connectivity index (χ0n) is 53.9. The quantitative estimate of drug-likeness (QED) is 0.128. The van der Waals surface area contributed by atoms with Crippen LogP contribution in [-0.4, -0.2) is 41.6 Å². The summed E-state index contributed by atoms with van der Waals surface area (Å²) in [6.07, 6.45) is 9.64. The number of rotatable bonds is 4. The first kappa shape index (κ1) is 59.5. The van der Waals surface area contributed by atoms with E-state index in [-0.39, 0.29) is 45.9 Å². The maximum atomic E-state index is 3.59. The van der Waals surface area contributed by atoms with Gasteiger partial charge in [-0.1, -0.05) is 254 Å². The predicted octanol–water partition coefficient (Wildman–Crippen LogP) is 14.4. The Balaban J connectivity index is 1.37. The van der Waals surface area contributed by atoms with Gasteiger partial charge in [-0.2, -0.15) is 0 Å². The zero-order valence-corrected chi connectivity index (χ0v) is 53.9. The summed E-state index contributed by atoms with van der Waals surface area (Å²) >= 11 is 0. The zero-order chi connectivity index (χ0) is 59.8. The topological polar surface area (TPSA) is 6.48 Å². The van der Waals surface area contributed by atoms with Crippen molar-refractivity contribution in [3.05, 3.63) is 199 Å². The van der Waals surface area contributed by atoms with Crippen molar-refractivity contribution in [2.75, 3.05) is 38.0 Å². The molecule has 2 aliphatic heterocycles. The highest BCUT2D eigenvalue weighted by Gasteiger charge is 2.41. The summed E-state index contributed by atoms with van der Waals surface area (Å²) in [6, 6.07) is 46.5. The van der Waals surface area contributed by atoms with E-state index in [1.54, 1.807) is 0 Å². The van der Waals surface area contributed by atoms with E-state index in [1.165, 1.54) is 88.4 Å². The van der Waals surface area contributed by atoms with Crippen LogP contribution in [-0.2, 0) is 32.5 Å². The van der Waals surface area contributed by atoms with Crippen LogP contribution in [0.1, 0.15) is 203 Å². The number of fused-ring (bicyclic) bond motifs is 4. The fourth-order valence-electron chi connectivity index (χ4n) is 12.1. The van der Waals surface area contributed by atoms with Crippen LogP contribution in [0.25, 0.3) is 24.3 Å². The van der Waals surface area contributed by atoms with Crippen LogP contribution in [0.15, 0.2) is 121 Å². The molecule has 82 heavy (non-hydrogen) atoms. The van der Waals surface area contributed by atoms with E-state index in [0.29, 0.717) is 0 Å². The van der Waals surface area contributed by atoms with Crippen molar-refractivity contribution in [3.8, 4) is 23.7 Å². The molecular formula is C78H90B2N2. The number of nitrogens with zero attached hydrogens (tertiary/aromatic N) is 2. The molecule has 7 aromatic rings. The lowest BCUT2D eigenvalue weighted by Gasteiger charge is -2.37. The second-order valence-corrected chi connectivity index (χ2v) is 30.2. The normalized spacial score (nSPS) is 13.4. The summed E-state index contributed by atoms with van der Waals surface area (Å²) in [6.45, 7) is 43.0. The molecule has 0 spiro atoms. The summed E-state index contributed by atoms with van der Waals surface area (Å²) in [5.41, 5.74) is 26.9. The Kier molecular flexibility index (Phi) is 15.6. The van der Waals surface area contributed by atoms with Gasteiger partial charge in [0.05, 0.1) is 0 Å². The first-order valence-electron chi connectivity index (χ1n) is 29.9. The van der Waals surface area contributed by atoms with Crippen molar-refractivity contribution in [1.82, 2.24) is 0 Å². The third kappa shape index (κ3) is 12.3. The Morgan fingerprint density at radius 1 is 0.280 bits per heavy atom. The molecule has 0 radical (unpaired) electrons. The van der Waals surface area contributed by atoms with Gasteiger partial charge in [-0.05, 0) is 161 Å². The predicted molar refractivity (Wildman–Crippen MR) is 365 cm³/mol. The molecule has 0 N–H and O–H groups in total. The highest BCUT2D eigenvalue weighted by molar-refractivity contribution is 6.99. The van der Waals surface area contributed by atoms with Gasteiger partial charge in [0.15, 0.2) is 0 Å². The second-order valence-electron chi connectivity index (χ2n) is 30.2. The summed E-state index contributed by atoms with van der Waals surface area (Å²) < 4.78 is 0. The average molecular weight is 1080 g/mol. The van der Waals surface area contributed by atoms with Gasteiger partial charge in [0.25, 0.3) is 0 Å². The Hall–Kier alpha value is -7.13. The minimum Gasteiger partial charge on any atom is -0.378 e. The van der Waals surface area contributed by atoms with E-state index in [0.717, 1.165) is 33.6 Å².